The zero-order valence-corrected chi connectivity index (χ0v) is 13.7. The summed E-state index contributed by atoms with van der Waals surface area (Å²) < 4.78 is 64.3. The number of fused-ring (bicyclic) bond motifs is 1. The van der Waals surface area contributed by atoms with Crippen LogP contribution in [0, 0.1) is 0 Å². The van der Waals surface area contributed by atoms with Crippen LogP contribution in [0.25, 0.3) is 11.0 Å². The third-order valence-corrected chi connectivity index (χ3v) is 6.34. The van der Waals surface area contributed by atoms with Crippen molar-refractivity contribution in [2.24, 2.45) is 0 Å². The fraction of sp³-hybridized carbons (Fsp3) is 0.500. The molecule has 1 aliphatic rings. The maximum atomic E-state index is 12.7. The maximum Gasteiger partial charge on any atom is 0.416 e. The molecule has 132 valence electrons. The number of rotatable bonds is 4. The van der Waals surface area contributed by atoms with Crippen molar-refractivity contribution >= 4 is 21.1 Å². The summed E-state index contributed by atoms with van der Waals surface area (Å²) in [6.07, 6.45) is -3.89. The highest BCUT2D eigenvalue weighted by Gasteiger charge is 2.33. The molecular weight excluding hydrogens is 345 g/mol. The Bertz CT molecular complexity index is 841. The molecule has 0 radical (unpaired) electrons. The van der Waals surface area contributed by atoms with Crippen molar-refractivity contribution < 1.29 is 21.6 Å². The van der Waals surface area contributed by atoms with E-state index in [1.807, 2.05) is 0 Å². The zero-order chi connectivity index (χ0) is 17.5. The number of nitrogens with one attached hydrogen (secondary N) is 2. The number of halogens is 3. The summed E-state index contributed by atoms with van der Waals surface area (Å²) in [6.45, 7) is 1.04. The van der Waals surface area contributed by atoms with Crippen molar-refractivity contribution in [1.82, 2.24) is 19.6 Å². The zero-order valence-electron chi connectivity index (χ0n) is 12.9. The number of aromatic nitrogens is 2. The van der Waals surface area contributed by atoms with Gasteiger partial charge in [-0.3, -0.25) is 0 Å². The summed E-state index contributed by atoms with van der Waals surface area (Å²) in [5, 5.41) is 2.52. The standard InChI is InChI=1S/C14H17F3N4O2S/c1-21(24(22,23)10-4-5-18-7-10)8-13-19-11-3-2-9(14(15,16)17)6-12(11)20-13/h2-3,6,10,18H,4-5,7-8H2,1H3,(H,19,20). The smallest absolute Gasteiger partial charge is 0.341 e. The lowest BCUT2D eigenvalue weighted by molar-refractivity contribution is -0.137. The van der Waals surface area contributed by atoms with Gasteiger partial charge in [0.1, 0.15) is 5.82 Å². The number of nitrogens with zero attached hydrogens (tertiary/aromatic N) is 2. The summed E-state index contributed by atoms with van der Waals surface area (Å²) >= 11 is 0. The Morgan fingerprint density at radius 2 is 2.12 bits per heavy atom. The minimum absolute atomic E-state index is 0.0190. The molecule has 24 heavy (non-hydrogen) atoms. The second-order valence-electron chi connectivity index (χ2n) is 5.83. The van der Waals surface area contributed by atoms with E-state index < -0.39 is 27.0 Å². The lowest BCUT2D eigenvalue weighted by atomic mass is 10.2. The van der Waals surface area contributed by atoms with Crippen molar-refractivity contribution in [2.45, 2.75) is 24.4 Å². The maximum absolute atomic E-state index is 12.7. The minimum atomic E-state index is -4.44. The second kappa shape index (κ2) is 6.01. The highest BCUT2D eigenvalue weighted by Crippen LogP contribution is 2.31. The number of aromatic amines is 1. The molecule has 1 fully saturated rings. The van der Waals surface area contributed by atoms with Crippen molar-refractivity contribution in [3.05, 3.63) is 29.6 Å². The molecule has 10 heteroatoms. The highest BCUT2D eigenvalue weighted by atomic mass is 32.2. The molecule has 2 N–H and O–H groups in total. The topological polar surface area (TPSA) is 78.1 Å². The average molecular weight is 362 g/mol. The minimum Gasteiger partial charge on any atom is -0.341 e. The van der Waals surface area contributed by atoms with E-state index >= 15 is 0 Å². The average Bonchev–Trinajstić information content (AvgIpc) is 3.14. The van der Waals surface area contributed by atoms with Gasteiger partial charge in [-0.2, -0.15) is 17.5 Å². The van der Waals surface area contributed by atoms with Crippen LogP contribution in [0.5, 0.6) is 0 Å². The molecule has 3 rings (SSSR count). The molecule has 1 aromatic heterocycles. The molecule has 0 amide bonds. The second-order valence-corrected chi connectivity index (χ2v) is 8.15. The normalized spacial score (nSPS) is 19.5. The number of hydrogen-bond donors (Lipinski definition) is 2. The first-order valence-corrected chi connectivity index (χ1v) is 8.90. The van der Waals surface area contributed by atoms with E-state index in [-0.39, 0.29) is 12.1 Å². The number of alkyl halides is 3. The molecule has 2 aromatic rings. The van der Waals surface area contributed by atoms with Gasteiger partial charge in [-0.15, -0.1) is 0 Å². The molecular formula is C14H17F3N4O2S. The SMILES string of the molecule is CN(Cc1nc2ccc(C(F)(F)F)cc2[nH]1)S(=O)(=O)C1CCNC1. The molecule has 1 atom stereocenters. The van der Waals surface area contributed by atoms with Crippen LogP contribution in [0.1, 0.15) is 17.8 Å². The number of sulfonamides is 1. The summed E-state index contributed by atoms with van der Waals surface area (Å²) in [5.41, 5.74) is -0.178. The third-order valence-electron chi connectivity index (χ3n) is 4.10. The van der Waals surface area contributed by atoms with Crippen LogP contribution in [0.15, 0.2) is 18.2 Å². The van der Waals surface area contributed by atoms with E-state index in [1.165, 1.54) is 17.4 Å². The third kappa shape index (κ3) is 3.26. The Morgan fingerprint density at radius 3 is 2.75 bits per heavy atom. The van der Waals surface area contributed by atoms with Gasteiger partial charge >= 0.3 is 6.18 Å². The Hall–Kier alpha value is -1.65. The van der Waals surface area contributed by atoms with Crippen LogP contribution in [-0.2, 0) is 22.7 Å². The van der Waals surface area contributed by atoms with Gasteiger partial charge in [-0.1, -0.05) is 0 Å². The molecule has 0 bridgehead atoms. The van der Waals surface area contributed by atoms with E-state index in [0.717, 1.165) is 12.1 Å². The van der Waals surface area contributed by atoms with Crippen molar-refractivity contribution in [1.29, 1.82) is 0 Å². The first kappa shape index (κ1) is 17.2. The predicted octanol–water partition coefficient (Wildman–Crippen LogP) is 1.71. The first-order chi connectivity index (χ1) is 11.2. The molecule has 0 saturated carbocycles. The van der Waals surface area contributed by atoms with Crippen LogP contribution in [0.2, 0.25) is 0 Å². The van der Waals surface area contributed by atoms with E-state index in [1.54, 1.807) is 0 Å². The van der Waals surface area contributed by atoms with Crippen molar-refractivity contribution in [3.8, 4) is 0 Å². The van der Waals surface area contributed by atoms with Gasteiger partial charge in [0.25, 0.3) is 0 Å². The van der Waals surface area contributed by atoms with Crippen LogP contribution >= 0.6 is 0 Å². The van der Waals surface area contributed by atoms with Gasteiger partial charge < -0.3 is 10.3 Å². The molecule has 1 aliphatic heterocycles. The summed E-state index contributed by atoms with van der Waals surface area (Å²) in [4.78, 5) is 6.94. The Labute approximate surface area is 137 Å². The fourth-order valence-corrected chi connectivity index (χ4v) is 4.31. The van der Waals surface area contributed by atoms with Crippen LogP contribution in [0.4, 0.5) is 13.2 Å². The number of imidazole rings is 1. The van der Waals surface area contributed by atoms with Crippen molar-refractivity contribution in [2.75, 3.05) is 20.1 Å². The van der Waals surface area contributed by atoms with E-state index in [2.05, 4.69) is 15.3 Å². The summed E-state index contributed by atoms with van der Waals surface area (Å²) in [5.74, 6) is 0.307. The van der Waals surface area contributed by atoms with E-state index in [0.29, 0.717) is 30.9 Å². The number of H-pyrrole nitrogens is 1. The van der Waals surface area contributed by atoms with Gasteiger partial charge in [0, 0.05) is 13.6 Å². The number of benzene rings is 1. The molecule has 1 aromatic carbocycles. The Morgan fingerprint density at radius 1 is 1.38 bits per heavy atom. The predicted molar refractivity (Wildman–Crippen MR) is 82.8 cm³/mol. The van der Waals surface area contributed by atoms with Crippen LogP contribution in [0.3, 0.4) is 0 Å². The van der Waals surface area contributed by atoms with Gasteiger partial charge in [0.05, 0.1) is 28.4 Å². The molecule has 0 spiro atoms. The Balaban J connectivity index is 1.82. The molecule has 1 unspecified atom stereocenters. The molecule has 0 aliphatic carbocycles. The molecule has 6 nitrogen and oxygen atoms in total. The van der Waals surface area contributed by atoms with Crippen LogP contribution in [-0.4, -0.2) is 48.1 Å². The number of hydrogen-bond acceptors (Lipinski definition) is 4. The molecule has 2 heterocycles. The quantitative estimate of drug-likeness (QED) is 0.868. The van der Waals surface area contributed by atoms with E-state index in [9.17, 15) is 21.6 Å². The highest BCUT2D eigenvalue weighted by molar-refractivity contribution is 7.89. The van der Waals surface area contributed by atoms with E-state index in [4.69, 9.17) is 0 Å². The van der Waals surface area contributed by atoms with Crippen LogP contribution < -0.4 is 5.32 Å². The largest absolute Gasteiger partial charge is 0.416 e. The van der Waals surface area contributed by atoms with Gasteiger partial charge in [-0.25, -0.2) is 13.4 Å². The molecule has 1 saturated heterocycles. The summed E-state index contributed by atoms with van der Waals surface area (Å²) in [6, 6.07) is 3.20. The van der Waals surface area contributed by atoms with Crippen molar-refractivity contribution in [3.63, 3.8) is 0 Å². The summed E-state index contributed by atoms with van der Waals surface area (Å²) in [7, 11) is -2.03. The van der Waals surface area contributed by atoms with Gasteiger partial charge in [0.15, 0.2) is 0 Å². The lowest BCUT2D eigenvalue weighted by Crippen LogP contribution is -2.37. The van der Waals surface area contributed by atoms with Gasteiger partial charge in [-0.05, 0) is 31.2 Å². The van der Waals surface area contributed by atoms with Gasteiger partial charge in [0.2, 0.25) is 10.0 Å². The first-order valence-electron chi connectivity index (χ1n) is 7.39. The fourth-order valence-electron chi connectivity index (χ4n) is 2.75. The monoisotopic (exact) mass is 362 g/mol. The lowest BCUT2D eigenvalue weighted by Gasteiger charge is -2.19. The Kier molecular flexibility index (Phi) is 4.30.